The Bertz CT molecular complexity index is 813. The molecule has 3 aliphatic rings. The lowest BCUT2D eigenvalue weighted by Crippen LogP contribution is -2.36. The molecule has 3 fully saturated rings. The van der Waals surface area contributed by atoms with E-state index in [2.05, 4.69) is 57.6 Å². The molecule has 6 nitrogen and oxygen atoms in total. The van der Waals surface area contributed by atoms with Crippen LogP contribution < -0.4 is 15.5 Å². The zero-order chi connectivity index (χ0) is 18.9. The number of anilines is 1. The number of ether oxygens (including phenoxy) is 1. The van der Waals surface area contributed by atoms with E-state index in [-0.39, 0.29) is 0 Å². The van der Waals surface area contributed by atoms with Gasteiger partial charge in [0.1, 0.15) is 0 Å². The van der Waals surface area contributed by atoms with Crippen molar-refractivity contribution in [3.05, 3.63) is 36.0 Å². The second-order valence-electron chi connectivity index (χ2n) is 8.28. The SMILES string of the molecule is CCn1cc(CC2NCC3CNCC32)c(-c2ccccc2N2CCOCC2)n1. The van der Waals surface area contributed by atoms with Crippen LogP contribution in [0.2, 0.25) is 0 Å². The van der Waals surface area contributed by atoms with Gasteiger partial charge in [-0.2, -0.15) is 5.10 Å². The number of hydrogen-bond acceptors (Lipinski definition) is 5. The van der Waals surface area contributed by atoms with Crippen molar-refractivity contribution in [3.63, 3.8) is 0 Å². The fourth-order valence-electron chi connectivity index (χ4n) is 5.12. The van der Waals surface area contributed by atoms with Gasteiger partial charge in [-0.1, -0.05) is 18.2 Å². The predicted molar refractivity (Wildman–Crippen MR) is 112 cm³/mol. The smallest absolute Gasteiger partial charge is 0.0976 e. The molecular weight excluding hydrogens is 350 g/mol. The monoisotopic (exact) mass is 381 g/mol. The average molecular weight is 382 g/mol. The van der Waals surface area contributed by atoms with Crippen LogP contribution in [0.4, 0.5) is 5.69 Å². The number of para-hydroxylation sites is 1. The molecule has 0 aliphatic carbocycles. The van der Waals surface area contributed by atoms with Crippen molar-refractivity contribution in [2.75, 3.05) is 50.8 Å². The van der Waals surface area contributed by atoms with Gasteiger partial charge in [-0.05, 0) is 56.4 Å². The summed E-state index contributed by atoms with van der Waals surface area (Å²) in [6.45, 7) is 10.0. The summed E-state index contributed by atoms with van der Waals surface area (Å²) in [6, 6.07) is 9.29. The van der Waals surface area contributed by atoms with E-state index in [9.17, 15) is 0 Å². The molecule has 5 rings (SSSR count). The van der Waals surface area contributed by atoms with Gasteiger partial charge in [0.15, 0.2) is 0 Å². The third-order valence-electron chi connectivity index (χ3n) is 6.66. The van der Waals surface area contributed by atoms with Crippen LogP contribution in [-0.4, -0.2) is 61.8 Å². The van der Waals surface area contributed by atoms with Crippen LogP contribution >= 0.6 is 0 Å². The molecule has 150 valence electrons. The number of nitrogens with zero attached hydrogens (tertiary/aromatic N) is 3. The first-order valence-electron chi connectivity index (χ1n) is 10.8. The lowest BCUT2D eigenvalue weighted by atomic mass is 9.89. The number of rotatable bonds is 5. The molecule has 1 aromatic carbocycles. The highest BCUT2D eigenvalue weighted by atomic mass is 16.5. The topological polar surface area (TPSA) is 54.4 Å². The number of benzene rings is 1. The fraction of sp³-hybridized carbons (Fsp3) is 0.591. The van der Waals surface area contributed by atoms with Gasteiger partial charge in [0, 0.05) is 43.1 Å². The maximum atomic E-state index is 5.57. The highest BCUT2D eigenvalue weighted by Gasteiger charge is 2.39. The first kappa shape index (κ1) is 18.2. The highest BCUT2D eigenvalue weighted by Crippen LogP contribution is 2.35. The molecule has 0 saturated carbocycles. The van der Waals surface area contributed by atoms with Crippen molar-refractivity contribution in [2.45, 2.75) is 25.9 Å². The standard InChI is InChI=1S/C22H31N5O/c1-2-27-15-16(11-20-19-14-23-12-17(19)13-24-20)22(25-27)18-5-3-4-6-21(18)26-7-9-28-10-8-26/h3-6,15,17,19-20,23-24H,2,7-14H2,1H3. The summed E-state index contributed by atoms with van der Waals surface area (Å²) in [5.74, 6) is 1.53. The van der Waals surface area contributed by atoms with Crippen LogP contribution in [-0.2, 0) is 17.7 Å². The van der Waals surface area contributed by atoms with E-state index in [0.29, 0.717) is 6.04 Å². The molecule has 2 N–H and O–H groups in total. The van der Waals surface area contributed by atoms with Crippen LogP contribution in [0, 0.1) is 11.8 Å². The minimum Gasteiger partial charge on any atom is -0.378 e. The van der Waals surface area contributed by atoms with Gasteiger partial charge in [0.25, 0.3) is 0 Å². The van der Waals surface area contributed by atoms with Crippen molar-refractivity contribution in [1.29, 1.82) is 0 Å². The molecule has 0 bridgehead atoms. The zero-order valence-electron chi connectivity index (χ0n) is 16.7. The molecule has 0 radical (unpaired) electrons. The van der Waals surface area contributed by atoms with Crippen molar-refractivity contribution < 1.29 is 4.74 Å². The Hall–Kier alpha value is -1.89. The first-order chi connectivity index (χ1) is 13.8. The third kappa shape index (κ3) is 3.34. The molecule has 3 aliphatic heterocycles. The molecular formula is C22H31N5O. The Morgan fingerprint density at radius 3 is 2.86 bits per heavy atom. The summed E-state index contributed by atoms with van der Waals surface area (Å²) < 4.78 is 7.66. The summed E-state index contributed by atoms with van der Waals surface area (Å²) in [4.78, 5) is 2.44. The average Bonchev–Trinajstić information content (AvgIpc) is 3.46. The van der Waals surface area contributed by atoms with Crippen LogP contribution in [0.25, 0.3) is 11.3 Å². The first-order valence-corrected chi connectivity index (χ1v) is 10.8. The molecule has 6 heteroatoms. The Morgan fingerprint density at radius 1 is 1.14 bits per heavy atom. The van der Waals surface area contributed by atoms with Crippen LogP contribution in [0.3, 0.4) is 0 Å². The van der Waals surface area contributed by atoms with Gasteiger partial charge in [-0.25, -0.2) is 0 Å². The Morgan fingerprint density at radius 2 is 2.00 bits per heavy atom. The number of morpholine rings is 1. The van der Waals surface area contributed by atoms with Gasteiger partial charge >= 0.3 is 0 Å². The van der Waals surface area contributed by atoms with Crippen molar-refractivity contribution >= 4 is 5.69 Å². The highest BCUT2D eigenvalue weighted by molar-refractivity contribution is 5.78. The van der Waals surface area contributed by atoms with Crippen molar-refractivity contribution in [3.8, 4) is 11.3 Å². The molecule has 3 unspecified atom stereocenters. The van der Waals surface area contributed by atoms with E-state index in [1.807, 2.05) is 0 Å². The molecule has 0 amide bonds. The Kier molecular flexibility index (Phi) is 5.09. The van der Waals surface area contributed by atoms with E-state index in [1.165, 1.54) is 16.8 Å². The molecule has 1 aromatic heterocycles. The molecule has 2 aromatic rings. The van der Waals surface area contributed by atoms with Gasteiger partial charge in [0.05, 0.1) is 18.9 Å². The number of aromatic nitrogens is 2. The van der Waals surface area contributed by atoms with E-state index in [0.717, 1.165) is 76.4 Å². The summed E-state index contributed by atoms with van der Waals surface area (Å²) in [6.07, 6.45) is 3.32. The lowest BCUT2D eigenvalue weighted by molar-refractivity contribution is 0.123. The lowest BCUT2D eigenvalue weighted by Gasteiger charge is -2.30. The second kappa shape index (κ2) is 7.85. The maximum Gasteiger partial charge on any atom is 0.0976 e. The van der Waals surface area contributed by atoms with Gasteiger partial charge in [0.2, 0.25) is 0 Å². The normalized spacial score (nSPS) is 27.3. The predicted octanol–water partition coefficient (Wildman–Crippen LogP) is 1.76. The molecule has 28 heavy (non-hydrogen) atoms. The Balaban J connectivity index is 1.48. The third-order valence-corrected chi connectivity index (χ3v) is 6.66. The number of hydrogen-bond donors (Lipinski definition) is 2. The van der Waals surface area contributed by atoms with E-state index >= 15 is 0 Å². The van der Waals surface area contributed by atoms with Gasteiger partial charge < -0.3 is 20.3 Å². The Labute approximate surface area is 167 Å². The fourth-order valence-corrected chi connectivity index (χ4v) is 5.12. The summed E-state index contributed by atoms with van der Waals surface area (Å²) in [7, 11) is 0. The molecule has 3 saturated heterocycles. The molecule has 4 heterocycles. The van der Waals surface area contributed by atoms with Crippen LogP contribution in [0.1, 0.15) is 12.5 Å². The summed E-state index contributed by atoms with van der Waals surface area (Å²) in [5.41, 5.74) is 5.06. The van der Waals surface area contributed by atoms with Gasteiger partial charge in [-0.15, -0.1) is 0 Å². The number of nitrogens with one attached hydrogen (secondary N) is 2. The van der Waals surface area contributed by atoms with Crippen LogP contribution in [0.15, 0.2) is 30.5 Å². The summed E-state index contributed by atoms with van der Waals surface area (Å²) in [5, 5.41) is 12.4. The van der Waals surface area contributed by atoms with Gasteiger partial charge in [-0.3, -0.25) is 4.68 Å². The maximum absolute atomic E-state index is 5.57. The number of fused-ring (bicyclic) bond motifs is 1. The minimum absolute atomic E-state index is 0.545. The summed E-state index contributed by atoms with van der Waals surface area (Å²) >= 11 is 0. The zero-order valence-corrected chi connectivity index (χ0v) is 16.7. The quantitative estimate of drug-likeness (QED) is 0.827. The largest absolute Gasteiger partial charge is 0.378 e. The van der Waals surface area contributed by atoms with E-state index < -0.39 is 0 Å². The van der Waals surface area contributed by atoms with E-state index in [4.69, 9.17) is 9.84 Å². The van der Waals surface area contributed by atoms with Crippen LogP contribution in [0.5, 0.6) is 0 Å². The minimum atomic E-state index is 0.545. The van der Waals surface area contributed by atoms with Crippen molar-refractivity contribution in [1.82, 2.24) is 20.4 Å². The number of aryl methyl sites for hydroxylation is 1. The van der Waals surface area contributed by atoms with Crippen molar-refractivity contribution in [2.24, 2.45) is 11.8 Å². The second-order valence-corrected chi connectivity index (χ2v) is 8.28. The molecule has 3 atom stereocenters. The molecule has 0 spiro atoms. The van der Waals surface area contributed by atoms with E-state index in [1.54, 1.807) is 0 Å².